The minimum absolute atomic E-state index is 0. The molecule has 114 valence electrons. The van der Waals surface area contributed by atoms with E-state index in [1.165, 1.54) is 19.3 Å². The molecule has 4 fully saturated rings. The van der Waals surface area contributed by atoms with E-state index in [2.05, 4.69) is 17.1 Å². The lowest BCUT2D eigenvalue weighted by Crippen LogP contribution is -2.43. The predicted octanol–water partition coefficient (Wildman–Crippen LogP) is 2.30. The van der Waals surface area contributed by atoms with Gasteiger partial charge in [0.2, 0.25) is 5.91 Å². The zero-order valence-electron chi connectivity index (χ0n) is 12.4. The number of carbonyl (C=O) groups is 1. The Labute approximate surface area is 128 Å². The summed E-state index contributed by atoms with van der Waals surface area (Å²) in [5, 5.41) is 3.41. The first kappa shape index (κ1) is 14.6. The molecule has 20 heavy (non-hydrogen) atoms. The molecule has 1 amide bonds. The van der Waals surface area contributed by atoms with Crippen molar-refractivity contribution in [3.8, 4) is 0 Å². The van der Waals surface area contributed by atoms with Gasteiger partial charge in [-0.25, -0.2) is 0 Å². The summed E-state index contributed by atoms with van der Waals surface area (Å²) in [6, 6.07) is 0.478. The summed E-state index contributed by atoms with van der Waals surface area (Å²) < 4.78 is 0. The highest BCUT2D eigenvalue weighted by atomic mass is 35.5. The van der Waals surface area contributed by atoms with Gasteiger partial charge >= 0.3 is 0 Å². The van der Waals surface area contributed by atoms with E-state index in [9.17, 15) is 4.79 Å². The SMILES string of the molecule is CCCN(C(=O)C1C2C3CCC(C3)C12)C1CCNC1.Cl. The van der Waals surface area contributed by atoms with Crippen LogP contribution in [0.4, 0.5) is 0 Å². The van der Waals surface area contributed by atoms with Crippen LogP contribution in [0.1, 0.15) is 39.0 Å². The van der Waals surface area contributed by atoms with Crippen molar-refractivity contribution in [2.75, 3.05) is 19.6 Å². The third-order valence-corrected chi connectivity index (χ3v) is 6.24. The van der Waals surface area contributed by atoms with Gasteiger partial charge in [-0.2, -0.15) is 0 Å². The lowest BCUT2D eigenvalue weighted by Gasteiger charge is -2.29. The summed E-state index contributed by atoms with van der Waals surface area (Å²) in [7, 11) is 0. The molecule has 1 saturated heterocycles. The number of rotatable bonds is 4. The summed E-state index contributed by atoms with van der Waals surface area (Å²) in [4.78, 5) is 15.2. The third-order valence-electron chi connectivity index (χ3n) is 6.24. The molecular formula is C16H27ClN2O. The normalized spacial score (nSPS) is 44.0. The monoisotopic (exact) mass is 298 g/mol. The van der Waals surface area contributed by atoms with E-state index in [-0.39, 0.29) is 12.4 Å². The molecule has 1 heterocycles. The van der Waals surface area contributed by atoms with Crippen LogP contribution in [-0.2, 0) is 4.79 Å². The molecule has 4 heteroatoms. The van der Waals surface area contributed by atoms with Crippen molar-refractivity contribution in [3.05, 3.63) is 0 Å². The highest BCUT2D eigenvalue weighted by Crippen LogP contribution is 2.69. The van der Waals surface area contributed by atoms with Gasteiger partial charge < -0.3 is 10.2 Å². The fourth-order valence-corrected chi connectivity index (χ4v) is 5.47. The van der Waals surface area contributed by atoms with Crippen LogP contribution in [0.15, 0.2) is 0 Å². The second kappa shape index (κ2) is 5.49. The molecule has 0 radical (unpaired) electrons. The van der Waals surface area contributed by atoms with Crippen LogP contribution in [0.25, 0.3) is 0 Å². The highest BCUT2D eigenvalue weighted by molar-refractivity contribution is 5.85. The molecule has 0 aromatic rings. The van der Waals surface area contributed by atoms with Crippen molar-refractivity contribution in [3.63, 3.8) is 0 Å². The summed E-state index contributed by atoms with van der Waals surface area (Å²) in [5.74, 6) is 4.35. The molecule has 1 aliphatic heterocycles. The lowest BCUT2D eigenvalue weighted by atomic mass is 10.0. The quantitative estimate of drug-likeness (QED) is 0.864. The first-order chi connectivity index (χ1) is 9.31. The molecule has 4 aliphatic rings. The average Bonchev–Trinajstić information content (AvgIpc) is 2.85. The molecule has 2 bridgehead atoms. The van der Waals surface area contributed by atoms with E-state index in [1.807, 2.05) is 0 Å². The van der Waals surface area contributed by atoms with E-state index >= 15 is 0 Å². The standard InChI is InChI=1S/C16H26N2O.ClH/c1-2-7-18(12-5-6-17-9-12)16(19)15-13-10-3-4-11(8-10)14(13)15;/h10-15,17H,2-9H2,1H3;1H. The van der Waals surface area contributed by atoms with Crippen LogP contribution in [0.5, 0.6) is 0 Å². The van der Waals surface area contributed by atoms with Gasteiger partial charge in [-0.05, 0) is 62.3 Å². The molecule has 3 aliphatic carbocycles. The van der Waals surface area contributed by atoms with Crippen molar-refractivity contribution in [2.45, 2.75) is 45.1 Å². The molecule has 3 saturated carbocycles. The van der Waals surface area contributed by atoms with E-state index in [0.29, 0.717) is 17.9 Å². The second-order valence-corrected chi connectivity index (χ2v) is 7.19. The maximum atomic E-state index is 12.9. The Morgan fingerprint density at radius 3 is 2.45 bits per heavy atom. The minimum Gasteiger partial charge on any atom is -0.338 e. The zero-order valence-corrected chi connectivity index (χ0v) is 13.2. The number of nitrogens with zero attached hydrogens (tertiary/aromatic N) is 1. The Morgan fingerprint density at radius 1 is 1.20 bits per heavy atom. The van der Waals surface area contributed by atoms with Crippen molar-refractivity contribution in [2.24, 2.45) is 29.6 Å². The van der Waals surface area contributed by atoms with Crippen molar-refractivity contribution >= 4 is 18.3 Å². The van der Waals surface area contributed by atoms with Gasteiger partial charge in [0.1, 0.15) is 0 Å². The maximum absolute atomic E-state index is 12.9. The molecule has 0 aromatic heterocycles. The van der Waals surface area contributed by atoms with Gasteiger partial charge in [-0.3, -0.25) is 4.79 Å². The number of amides is 1. The molecule has 5 atom stereocenters. The zero-order chi connectivity index (χ0) is 13.0. The second-order valence-electron chi connectivity index (χ2n) is 7.19. The molecule has 1 N–H and O–H groups in total. The summed E-state index contributed by atoms with van der Waals surface area (Å²) in [6.45, 7) is 5.26. The highest BCUT2D eigenvalue weighted by Gasteiger charge is 2.68. The van der Waals surface area contributed by atoms with E-state index in [1.54, 1.807) is 0 Å². The Kier molecular flexibility index (Phi) is 4.02. The van der Waals surface area contributed by atoms with Crippen LogP contribution in [0.3, 0.4) is 0 Å². The number of halogens is 1. The smallest absolute Gasteiger partial charge is 0.226 e. The van der Waals surface area contributed by atoms with Crippen molar-refractivity contribution in [1.82, 2.24) is 10.2 Å². The Bertz CT molecular complexity index is 367. The largest absolute Gasteiger partial charge is 0.338 e. The van der Waals surface area contributed by atoms with E-state index in [4.69, 9.17) is 0 Å². The minimum atomic E-state index is 0. The first-order valence-corrected chi connectivity index (χ1v) is 8.32. The Balaban J connectivity index is 0.00000121. The summed E-state index contributed by atoms with van der Waals surface area (Å²) in [6.07, 6.45) is 6.51. The fraction of sp³-hybridized carbons (Fsp3) is 0.938. The van der Waals surface area contributed by atoms with E-state index in [0.717, 1.165) is 56.1 Å². The fourth-order valence-electron chi connectivity index (χ4n) is 5.47. The van der Waals surface area contributed by atoms with Gasteiger partial charge in [0, 0.05) is 25.0 Å². The van der Waals surface area contributed by atoms with Crippen LogP contribution in [-0.4, -0.2) is 36.5 Å². The lowest BCUT2D eigenvalue weighted by molar-refractivity contribution is -0.135. The number of hydrogen-bond acceptors (Lipinski definition) is 2. The third kappa shape index (κ3) is 2.09. The van der Waals surface area contributed by atoms with Gasteiger partial charge in [0.15, 0.2) is 0 Å². The van der Waals surface area contributed by atoms with Gasteiger partial charge in [-0.15, -0.1) is 12.4 Å². The summed E-state index contributed by atoms with van der Waals surface area (Å²) in [5.41, 5.74) is 0. The van der Waals surface area contributed by atoms with Gasteiger partial charge in [0.05, 0.1) is 0 Å². The van der Waals surface area contributed by atoms with Crippen LogP contribution < -0.4 is 5.32 Å². The summed E-state index contributed by atoms with van der Waals surface area (Å²) >= 11 is 0. The molecule has 5 unspecified atom stereocenters. The molecule has 4 rings (SSSR count). The van der Waals surface area contributed by atoms with Gasteiger partial charge in [0.25, 0.3) is 0 Å². The number of nitrogens with one attached hydrogen (secondary N) is 1. The topological polar surface area (TPSA) is 32.3 Å². The maximum Gasteiger partial charge on any atom is 0.226 e. The Morgan fingerprint density at radius 2 is 1.90 bits per heavy atom. The molecule has 3 nitrogen and oxygen atoms in total. The molecule has 0 spiro atoms. The van der Waals surface area contributed by atoms with Crippen molar-refractivity contribution < 1.29 is 4.79 Å². The average molecular weight is 299 g/mol. The van der Waals surface area contributed by atoms with Crippen LogP contribution in [0, 0.1) is 29.6 Å². The first-order valence-electron chi connectivity index (χ1n) is 8.32. The molecular weight excluding hydrogens is 272 g/mol. The van der Waals surface area contributed by atoms with Crippen LogP contribution in [0.2, 0.25) is 0 Å². The predicted molar refractivity (Wildman–Crippen MR) is 81.8 cm³/mol. The van der Waals surface area contributed by atoms with Gasteiger partial charge in [-0.1, -0.05) is 6.92 Å². The van der Waals surface area contributed by atoms with E-state index < -0.39 is 0 Å². The number of hydrogen-bond donors (Lipinski definition) is 1. The number of fused-ring (bicyclic) bond motifs is 5. The molecule has 0 aromatic carbocycles. The van der Waals surface area contributed by atoms with Crippen molar-refractivity contribution in [1.29, 1.82) is 0 Å². The Hall–Kier alpha value is -0.280. The number of carbonyl (C=O) groups excluding carboxylic acids is 1. The van der Waals surface area contributed by atoms with Crippen LogP contribution >= 0.6 is 12.4 Å².